The van der Waals surface area contributed by atoms with Crippen LogP contribution in [0, 0.1) is 12.7 Å². The lowest BCUT2D eigenvalue weighted by Gasteiger charge is -2.24. The van der Waals surface area contributed by atoms with E-state index in [9.17, 15) is 9.50 Å². The molecule has 0 aromatic heterocycles. The monoisotopic (exact) mass is 267 g/mol. The van der Waals surface area contributed by atoms with Crippen LogP contribution in [0.25, 0.3) is 0 Å². The van der Waals surface area contributed by atoms with Gasteiger partial charge in [0.15, 0.2) is 0 Å². The van der Waals surface area contributed by atoms with Crippen molar-refractivity contribution in [1.82, 2.24) is 5.32 Å². The number of rotatable bonds is 5. The Morgan fingerprint density at radius 2 is 2.32 bits per heavy atom. The van der Waals surface area contributed by atoms with E-state index >= 15 is 0 Å². The SMILES string of the molecule is Cc1ccc(C(O)CNCC2(C)CCCO2)c(F)c1. The summed E-state index contributed by atoms with van der Waals surface area (Å²) < 4.78 is 19.3. The van der Waals surface area contributed by atoms with Crippen molar-refractivity contribution in [2.75, 3.05) is 19.7 Å². The predicted octanol–water partition coefficient (Wildman–Crippen LogP) is 2.33. The van der Waals surface area contributed by atoms with Gasteiger partial charge < -0.3 is 15.2 Å². The first-order valence-corrected chi connectivity index (χ1v) is 6.79. The van der Waals surface area contributed by atoms with Gasteiger partial charge in [0.25, 0.3) is 0 Å². The molecule has 1 aliphatic rings. The zero-order valence-electron chi connectivity index (χ0n) is 11.6. The van der Waals surface area contributed by atoms with Crippen molar-refractivity contribution in [2.24, 2.45) is 0 Å². The second-order valence-corrected chi connectivity index (χ2v) is 5.57. The molecule has 19 heavy (non-hydrogen) atoms. The first-order valence-electron chi connectivity index (χ1n) is 6.79. The highest BCUT2D eigenvalue weighted by Gasteiger charge is 2.29. The molecule has 1 aliphatic heterocycles. The maximum atomic E-state index is 13.7. The van der Waals surface area contributed by atoms with Crippen molar-refractivity contribution >= 4 is 0 Å². The number of benzene rings is 1. The number of ether oxygens (including phenoxy) is 1. The van der Waals surface area contributed by atoms with Gasteiger partial charge in [0, 0.05) is 25.3 Å². The Bertz CT molecular complexity index is 430. The average molecular weight is 267 g/mol. The lowest BCUT2D eigenvalue weighted by molar-refractivity contribution is 0.0184. The summed E-state index contributed by atoms with van der Waals surface area (Å²) in [5, 5.41) is 13.2. The molecule has 106 valence electrons. The summed E-state index contributed by atoms with van der Waals surface area (Å²) in [4.78, 5) is 0. The topological polar surface area (TPSA) is 41.5 Å². The van der Waals surface area contributed by atoms with Gasteiger partial charge in [-0.25, -0.2) is 4.39 Å². The Balaban J connectivity index is 1.85. The largest absolute Gasteiger partial charge is 0.387 e. The molecule has 1 saturated heterocycles. The van der Waals surface area contributed by atoms with E-state index in [1.165, 1.54) is 6.07 Å². The molecule has 0 amide bonds. The maximum Gasteiger partial charge on any atom is 0.129 e. The third kappa shape index (κ3) is 3.75. The lowest BCUT2D eigenvalue weighted by Crippen LogP contribution is -2.38. The summed E-state index contributed by atoms with van der Waals surface area (Å²) in [5.41, 5.74) is 1.05. The normalized spacial score (nSPS) is 24.6. The van der Waals surface area contributed by atoms with Crippen LogP contribution in [0.3, 0.4) is 0 Å². The smallest absolute Gasteiger partial charge is 0.129 e. The number of hydrogen-bond acceptors (Lipinski definition) is 3. The van der Waals surface area contributed by atoms with Crippen LogP contribution in [-0.4, -0.2) is 30.4 Å². The molecule has 0 saturated carbocycles. The number of hydrogen-bond donors (Lipinski definition) is 2. The molecular weight excluding hydrogens is 245 g/mol. The quantitative estimate of drug-likeness (QED) is 0.860. The molecule has 0 bridgehead atoms. The van der Waals surface area contributed by atoms with E-state index < -0.39 is 6.10 Å². The van der Waals surface area contributed by atoms with E-state index in [0.29, 0.717) is 18.7 Å². The fraction of sp³-hybridized carbons (Fsp3) is 0.600. The zero-order chi connectivity index (χ0) is 13.9. The third-order valence-corrected chi connectivity index (χ3v) is 3.65. The van der Waals surface area contributed by atoms with Crippen molar-refractivity contribution in [2.45, 2.75) is 38.4 Å². The molecule has 4 heteroatoms. The summed E-state index contributed by atoms with van der Waals surface area (Å²) in [6, 6.07) is 4.90. The van der Waals surface area contributed by atoms with Crippen LogP contribution in [0.5, 0.6) is 0 Å². The Morgan fingerprint density at radius 1 is 1.53 bits per heavy atom. The van der Waals surface area contributed by atoms with Crippen molar-refractivity contribution in [3.05, 3.63) is 35.1 Å². The molecule has 2 atom stereocenters. The van der Waals surface area contributed by atoms with Crippen molar-refractivity contribution in [3.8, 4) is 0 Å². The van der Waals surface area contributed by atoms with Crippen molar-refractivity contribution in [3.63, 3.8) is 0 Å². The molecule has 2 unspecified atom stereocenters. The fourth-order valence-electron chi connectivity index (χ4n) is 2.46. The second-order valence-electron chi connectivity index (χ2n) is 5.57. The molecule has 1 fully saturated rings. The fourth-order valence-corrected chi connectivity index (χ4v) is 2.46. The summed E-state index contributed by atoms with van der Waals surface area (Å²) in [6.45, 7) is 5.70. The number of halogens is 1. The van der Waals surface area contributed by atoms with Gasteiger partial charge in [0.05, 0.1) is 11.7 Å². The van der Waals surface area contributed by atoms with E-state index in [1.54, 1.807) is 6.07 Å². The van der Waals surface area contributed by atoms with Gasteiger partial charge in [0.2, 0.25) is 0 Å². The molecule has 3 nitrogen and oxygen atoms in total. The van der Waals surface area contributed by atoms with Crippen LogP contribution in [0.4, 0.5) is 4.39 Å². The van der Waals surface area contributed by atoms with Gasteiger partial charge in [-0.15, -0.1) is 0 Å². The standard InChI is InChI=1S/C15H22FNO2/c1-11-4-5-12(13(16)8-11)14(18)9-17-10-15(2)6-3-7-19-15/h4-5,8,14,17-18H,3,6-7,9-10H2,1-2H3. The summed E-state index contributed by atoms with van der Waals surface area (Å²) in [6.07, 6.45) is 1.27. The highest BCUT2D eigenvalue weighted by molar-refractivity contribution is 5.25. The van der Waals surface area contributed by atoms with Gasteiger partial charge in [-0.1, -0.05) is 12.1 Å². The van der Waals surface area contributed by atoms with Gasteiger partial charge in [-0.05, 0) is 38.3 Å². The Kier molecular flexibility index (Phi) is 4.55. The Hall–Kier alpha value is -0.970. The van der Waals surface area contributed by atoms with Crippen molar-refractivity contribution in [1.29, 1.82) is 0 Å². The van der Waals surface area contributed by atoms with Crippen LogP contribution >= 0.6 is 0 Å². The molecular formula is C15H22FNO2. The van der Waals surface area contributed by atoms with Crippen LogP contribution in [0.1, 0.15) is 37.0 Å². The van der Waals surface area contributed by atoms with E-state index in [2.05, 4.69) is 12.2 Å². The van der Waals surface area contributed by atoms with Crippen LogP contribution in [-0.2, 0) is 4.74 Å². The second kappa shape index (κ2) is 5.99. The maximum absolute atomic E-state index is 13.7. The molecule has 2 rings (SSSR count). The minimum absolute atomic E-state index is 0.147. The predicted molar refractivity (Wildman–Crippen MR) is 72.6 cm³/mol. The number of nitrogens with one attached hydrogen (secondary N) is 1. The van der Waals surface area contributed by atoms with E-state index in [1.807, 2.05) is 13.0 Å². The zero-order valence-corrected chi connectivity index (χ0v) is 11.6. The first-order chi connectivity index (χ1) is 9.00. The van der Waals surface area contributed by atoms with Crippen LogP contribution in [0.15, 0.2) is 18.2 Å². The Morgan fingerprint density at radius 3 is 2.95 bits per heavy atom. The highest BCUT2D eigenvalue weighted by Crippen LogP contribution is 2.24. The molecule has 2 N–H and O–H groups in total. The summed E-state index contributed by atoms with van der Waals surface area (Å²) in [7, 11) is 0. The van der Waals surface area contributed by atoms with Crippen LogP contribution < -0.4 is 5.32 Å². The molecule has 1 aromatic rings. The summed E-state index contributed by atoms with van der Waals surface area (Å²) >= 11 is 0. The van der Waals surface area contributed by atoms with E-state index in [-0.39, 0.29) is 11.4 Å². The van der Waals surface area contributed by atoms with E-state index in [4.69, 9.17) is 4.74 Å². The van der Waals surface area contributed by atoms with Gasteiger partial charge in [0.1, 0.15) is 5.82 Å². The van der Waals surface area contributed by atoms with Crippen molar-refractivity contribution < 1.29 is 14.2 Å². The van der Waals surface area contributed by atoms with Gasteiger partial charge in [-0.2, -0.15) is 0 Å². The number of aliphatic hydroxyl groups excluding tert-OH is 1. The van der Waals surface area contributed by atoms with Gasteiger partial charge in [-0.3, -0.25) is 0 Å². The van der Waals surface area contributed by atoms with E-state index in [0.717, 1.165) is 25.0 Å². The Labute approximate surface area is 113 Å². The summed E-state index contributed by atoms with van der Waals surface area (Å²) in [5.74, 6) is -0.349. The highest BCUT2D eigenvalue weighted by atomic mass is 19.1. The molecule has 0 radical (unpaired) electrons. The number of aliphatic hydroxyl groups is 1. The molecule has 1 aromatic carbocycles. The molecule has 0 aliphatic carbocycles. The molecule has 0 spiro atoms. The van der Waals surface area contributed by atoms with Crippen LogP contribution in [0.2, 0.25) is 0 Å². The third-order valence-electron chi connectivity index (χ3n) is 3.65. The molecule has 1 heterocycles. The minimum atomic E-state index is -0.828. The van der Waals surface area contributed by atoms with Gasteiger partial charge >= 0.3 is 0 Å². The lowest BCUT2D eigenvalue weighted by atomic mass is 10.0. The minimum Gasteiger partial charge on any atom is -0.387 e. The average Bonchev–Trinajstić information content (AvgIpc) is 2.76. The number of aryl methyl sites for hydroxylation is 1. The first kappa shape index (κ1) is 14.4.